The van der Waals surface area contributed by atoms with Crippen LogP contribution in [0.15, 0.2) is 273 Å². The molecular weight excluding hydrogens is 938 g/mol. The fourth-order valence-corrected chi connectivity index (χ4v) is 195. The normalized spacial score (nSPS) is 16.8. The van der Waals surface area contributed by atoms with Gasteiger partial charge in [-0.15, -0.1) is 0 Å². The lowest BCUT2D eigenvalue weighted by Gasteiger charge is -2.55. The molecule has 1 fully saturated rings. The third-order valence-electron chi connectivity index (χ3n) is 14.1. The molecular formula is C55H45F3O3SSi5. The van der Waals surface area contributed by atoms with Crippen LogP contribution in [0.25, 0.3) is 0 Å². The molecule has 0 bridgehead atoms. The molecule has 0 spiro atoms. The smallest absolute Gasteiger partial charge is 0.308 e. The quantitative estimate of drug-likeness (QED) is 0.115. The molecule has 1 heterocycles. The molecule has 0 aromatic heterocycles. The molecule has 1 aliphatic heterocycles. The van der Waals surface area contributed by atoms with Crippen molar-refractivity contribution in [3.8, 4) is 0 Å². The Kier molecular flexibility index (Phi) is 11.6. The van der Waals surface area contributed by atoms with Gasteiger partial charge in [0.05, 0.1) is 0 Å². The highest BCUT2D eigenvalue weighted by Gasteiger charge is 2.97. The van der Waals surface area contributed by atoms with Crippen LogP contribution in [-0.2, 0) is 14.0 Å². The fourth-order valence-electron chi connectivity index (χ4n) is 12.4. The maximum atomic E-state index is 16.3. The standard InChI is InChI=1S/C55H45F3O3SSi5/c56-55(57,58)62(59,60)61-67(54-44-26-9-27-45-54)65(50-36-18-5-19-37-50,51-38-20-6-21-39-51)63(46-28-10-1-11-29-46,47-30-12-2-13-31-47)64(48-32-14-3-15-33-48,49-34-16-4-17-35-49)66(67,52-40-22-7-23-41-52)53-42-24-8-25-43-53/h1-45H. The third kappa shape index (κ3) is 6.17. The zero-order valence-corrected chi connectivity index (χ0v) is 42.1. The molecule has 0 radical (unpaired) electrons. The van der Waals surface area contributed by atoms with Crippen LogP contribution >= 0.6 is 0 Å². The Morgan fingerprint density at radius 3 is 0.612 bits per heavy atom. The first-order valence-corrected chi connectivity index (χ1v) is 38.5. The first-order valence-electron chi connectivity index (χ1n) is 22.2. The van der Waals surface area contributed by atoms with E-state index < -0.39 is 51.4 Å². The highest BCUT2D eigenvalue weighted by Crippen LogP contribution is 2.52. The second-order valence-corrected chi connectivity index (χ2v) is 61.3. The maximum absolute atomic E-state index is 16.3. The van der Waals surface area contributed by atoms with Crippen LogP contribution in [0.5, 0.6) is 0 Å². The Morgan fingerprint density at radius 2 is 0.433 bits per heavy atom. The van der Waals surface area contributed by atoms with Crippen LogP contribution < -0.4 is 46.7 Å². The molecule has 0 unspecified atom stereocenters. The van der Waals surface area contributed by atoms with Crippen LogP contribution in [0.4, 0.5) is 13.2 Å². The van der Waals surface area contributed by atoms with Crippen molar-refractivity contribution in [3.05, 3.63) is 273 Å². The SMILES string of the molecule is O=S(=O)(O[Si]1(c2ccccc2)[Si](c2ccccc2)(c2ccccc2)[Si](c2ccccc2)(c2ccccc2)[Si](c2ccccc2)(c2ccccc2)[Si]1(c1ccccc1)c1ccccc1)C(F)(F)F. The molecule has 10 rings (SSSR count). The Bertz CT molecular complexity index is 2870. The average molecular weight is 983 g/mol. The minimum atomic E-state index is -6.42. The van der Waals surface area contributed by atoms with Gasteiger partial charge in [0, 0.05) is 0 Å². The monoisotopic (exact) mass is 982 g/mol. The summed E-state index contributed by atoms with van der Waals surface area (Å²) in [5.41, 5.74) is -5.78. The van der Waals surface area contributed by atoms with Crippen LogP contribution in [0.3, 0.4) is 0 Å². The molecule has 330 valence electrons. The Morgan fingerprint density at radius 1 is 0.269 bits per heavy atom. The van der Waals surface area contributed by atoms with E-state index in [-0.39, 0.29) is 0 Å². The van der Waals surface area contributed by atoms with Crippen molar-refractivity contribution in [1.82, 2.24) is 0 Å². The highest BCUT2D eigenvalue weighted by molar-refractivity contribution is 8.26. The summed E-state index contributed by atoms with van der Waals surface area (Å²) in [6.07, 6.45) is 0. The number of benzene rings is 9. The van der Waals surface area contributed by atoms with Crippen molar-refractivity contribution in [2.75, 3.05) is 0 Å². The first kappa shape index (κ1) is 44.6. The van der Waals surface area contributed by atoms with E-state index in [2.05, 4.69) is 146 Å². The lowest BCUT2D eigenvalue weighted by Crippen LogP contribution is -3.00. The summed E-state index contributed by atoms with van der Waals surface area (Å²) >= 11 is 0. The topological polar surface area (TPSA) is 43.4 Å². The minimum absolute atomic E-state index is 0.534. The number of hydrogen-bond donors (Lipinski definition) is 0. The van der Waals surface area contributed by atoms with Gasteiger partial charge < -0.3 is 3.87 Å². The van der Waals surface area contributed by atoms with Crippen molar-refractivity contribution in [2.24, 2.45) is 0 Å². The molecule has 1 aliphatic rings. The number of alkyl halides is 3. The van der Waals surface area contributed by atoms with Crippen molar-refractivity contribution in [3.63, 3.8) is 0 Å². The van der Waals surface area contributed by atoms with Gasteiger partial charge in [-0.2, -0.15) is 21.6 Å². The first-order chi connectivity index (χ1) is 32.7. The summed E-state index contributed by atoms with van der Waals surface area (Å²) in [5.74, 6) is 0. The Balaban J connectivity index is 1.75. The van der Waals surface area contributed by atoms with Gasteiger partial charge in [-0.05, 0) is 5.19 Å². The number of halogens is 3. The van der Waals surface area contributed by atoms with Crippen LogP contribution in [0.1, 0.15) is 0 Å². The zero-order chi connectivity index (χ0) is 46.2. The van der Waals surface area contributed by atoms with E-state index in [1.54, 1.807) is 0 Å². The molecule has 3 nitrogen and oxygen atoms in total. The predicted octanol–water partition coefficient (Wildman–Crippen LogP) is 6.16. The van der Waals surface area contributed by atoms with E-state index in [9.17, 15) is 0 Å². The molecule has 12 heteroatoms. The average Bonchev–Trinajstić information content (AvgIpc) is 3.58. The van der Waals surface area contributed by atoms with Gasteiger partial charge in [-0.3, -0.25) is 0 Å². The molecule has 0 atom stereocenters. The largest absolute Gasteiger partial charge is 0.522 e. The summed E-state index contributed by atoms with van der Waals surface area (Å²) in [6.45, 7) is 0. The van der Waals surface area contributed by atoms with Crippen molar-refractivity contribution >= 4 is 92.6 Å². The zero-order valence-electron chi connectivity index (χ0n) is 36.2. The van der Waals surface area contributed by atoms with Crippen LogP contribution in [0, 0.1) is 0 Å². The van der Waals surface area contributed by atoms with Gasteiger partial charge in [-0.25, -0.2) is 0 Å². The fraction of sp³-hybridized carbons (Fsp3) is 0.0182. The number of rotatable bonds is 11. The van der Waals surface area contributed by atoms with Crippen LogP contribution in [0.2, 0.25) is 0 Å². The van der Waals surface area contributed by atoms with Crippen LogP contribution in [-0.4, -0.2) is 49.7 Å². The Labute approximate surface area is 394 Å². The van der Waals surface area contributed by atoms with Crippen molar-refractivity contribution in [2.45, 2.75) is 5.51 Å². The second-order valence-electron chi connectivity index (χ2n) is 17.0. The van der Waals surface area contributed by atoms with Crippen molar-refractivity contribution < 1.29 is 25.5 Å². The lowest BCUT2D eigenvalue weighted by atomic mass is 10.4. The summed E-state index contributed by atoms with van der Waals surface area (Å²) in [6, 6.07) is 91.9. The molecule has 9 aromatic carbocycles. The molecule has 0 aliphatic carbocycles. The summed E-state index contributed by atoms with van der Waals surface area (Å²) < 4.78 is 87.2. The minimum Gasteiger partial charge on any atom is -0.308 e. The molecule has 1 saturated heterocycles. The van der Waals surface area contributed by atoms with Gasteiger partial charge in [0.25, 0.3) is 0 Å². The molecule has 67 heavy (non-hydrogen) atoms. The maximum Gasteiger partial charge on any atom is 0.522 e. The highest BCUT2D eigenvalue weighted by atomic mass is 32.2. The lowest BCUT2D eigenvalue weighted by molar-refractivity contribution is -0.0500. The van der Waals surface area contributed by atoms with Gasteiger partial charge >= 0.3 is 15.6 Å². The van der Waals surface area contributed by atoms with E-state index in [4.69, 9.17) is 3.87 Å². The van der Waals surface area contributed by atoms with E-state index >= 15 is 21.6 Å². The summed E-state index contributed by atoms with van der Waals surface area (Å²) in [7, 11) is -29.2. The molecule has 9 aromatic rings. The van der Waals surface area contributed by atoms with E-state index in [1.807, 2.05) is 127 Å². The summed E-state index contributed by atoms with van der Waals surface area (Å²) in [5, 5.41) is 8.04. The van der Waals surface area contributed by atoms with Gasteiger partial charge in [0.15, 0.2) is 0 Å². The predicted molar refractivity (Wildman–Crippen MR) is 280 cm³/mol. The third-order valence-corrected chi connectivity index (χ3v) is 111. The van der Waals surface area contributed by atoms with E-state index in [0.29, 0.717) is 5.19 Å². The van der Waals surface area contributed by atoms with Gasteiger partial charge in [-0.1, -0.05) is 314 Å². The Hall–Kier alpha value is -6.24. The number of hydrogen-bond acceptors (Lipinski definition) is 3. The van der Waals surface area contributed by atoms with E-state index in [0.717, 1.165) is 41.5 Å². The second kappa shape index (κ2) is 17.4. The van der Waals surface area contributed by atoms with Gasteiger partial charge in [0.1, 0.15) is 28.4 Å². The molecule has 0 saturated carbocycles. The van der Waals surface area contributed by atoms with Gasteiger partial charge in [0.2, 0.25) is 7.35 Å². The molecule has 0 N–H and O–H groups in total. The molecule has 0 amide bonds. The van der Waals surface area contributed by atoms with E-state index in [1.165, 1.54) is 0 Å². The summed E-state index contributed by atoms with van der Waals surface area (Å²) in [4.78, 5) is 0. The van der Waals surface area contributed by atoms with Crippen molar-refractivity contribution in [1.29, 1.82) is 0 Å².